The second-order valence-corrected chi connectivity index (χ2v) is 4.02. The molecule has 0 bridgehead atoms. The summed E-state index contributed by atoms with van der Waals surface area (Å²) in [5.74, 6) is 0.971. The molecule has 0 radical (unpaired) electrons. The lowest BCUT2D eigenvalue weighted by Gasteiger charge is -2.07. The minimum atomic E-state index is -0.277. The first-order valence-corrected chi connectivity index (χ1v) is 5.35. The first-order chi connectivity index (χ1) is 4.79. The van der Waals surface area contributed by atoms with Crippen molar-refractivity contribution in [3.8, 4) is 5.75 Å². The summed E-state index contributed by atoms with van der Waals surface area (Å²) in [5.41, 5.74) is 0. The van der Waals surface area contributed by atoms with Crippen LogP contribution in [-0.4, -0.2) is 13.3 Å². The number of rotatable bonds is 2. The number of hydrogen-bond acceptors (Lipinski definition) is 1. The Kier molecular flexibility index (Phi) is 2.70. The van der Waals surface area contributed by atoms with Gasteiger partial charge in [-0.25, -0.2) is 0 Å². The predicted octanol–water partition coefficient (Wildman–Crippen LogP) is 2.72. The molecule has 0 aliphatic carbocycles. The maximum Gasteiger partial charge on any atom is 0.123 e. The fourth-order valence-electron chi connectivity index (χ4n) is 0.692. The third-order valence-electron chi connectivity index (χ3n) is 1.03. The average molecular weight is 154 g/mol. The minimum Gasteiger partial charge on any atom is -0.475 e. The lowest BCUT2D eigenvalue weighted by Crippen LogP contribution is -1.81. The second-order valence-electron chi connectivity index (χ2n) is 2.22. The van der Waals surface area contributed by atoms with Gasteiger partial charge >= 0.3 is 0 Å². The van der Waals surface area contributed by atoms with Crippen molar-refractivity contribution in [1.29, 1.82) is 0 Å². The molecular weight excluding hydrogens is 143 g/mol. The van der Waals surface area contributed by atoms with Crippen LogP contribution < -0.4 is 4.52 Å². The molecule has 0 aliphatic rings. The van der Waals surface area contributed by atoms with Gasteiger partial charge in [0.05, 0.1) is 8.15 Å². The molecule has 0 heterocycles. The van der Waals surface area contributed by atoms with Gasteiger partial charge in [0.15, 0.2) is 0 Å². The van der Waals surface area contributed by atoms with E-state index in [-0.39, 0.29) is 8.15 Å². The number of benzene rings is 1. The summed E-state index contributed by atoms with van der Waals surface area (Å²) < 4.78 is 5.48. The van der Waals surface area contributed by atoms with Crippen LogP contribution in [0.3, 0.4) is 0 Å². The number of para-hydroxylation sites is 1. The molecule has 0 N–H and O–H groups in total. The van der Waals surface area contributed by atoms with E-state index < -0.39 is 0 Å². The van der Waals surface area contributed by atoms with Crippen LogP contribution >= 0.6 is 8.15 Å². The van der Waals surface area contributed by atoms with Crippen LogP contribution in [0.25, 0.3) is 0 Å². The van der Waals surface area contributed by atoms with Gasteiger partial charge in [0.25, 0.3) is 0 Å². The highest BCUT2D eigenvalue weighted by molar-refractivity contribution is 7.51. The fourth-order valence-corrected chi connectivity index (χ4v) is 1.24. The summed E-state index contributed by atoms with van der Waals surface area (Å²) in [6.07, 6.45) is 0. The Bertz CT molecular complexity index is 184. The van der Waals surface area contributed by atoms with E-state index in [0.29, 0.717) is 0 Å². The van der Waals surface area contributed by atoms with Crippen LogP contribution in [0.1, 0.15) is 0 Å². The van der Waals surface area contributed by atoms with Crippen LogP contribution in [0.4, 0.5) is 0 Å². The summed E-state index contributed by atoms with van der Waals surface area (Å²) in [6, 6.07) is 9.90. The van der Waals surface area contributed by atoms with E-state index in [1.807, 2.05) is 30.3 Å². The van der Waals surface area contributed by atoms with Crippen molar-refractivity contribution in [2.24, 2.45) is 0 Å². The molecule has 1 rings (SSSR count). The molecule has 0 saturated carbocycles. The van der Waals surface area contributed by atoms with Crippen LogP contribution in [0.2, 0.25) is 0 Å². The van der Waals surface area contributed by atoms with E-state index >= 15 is 0 Å². The molecule has 54 valence electrons. The molecule has 0 aliphatic heterocycles. The molecule has 0 fully saturated rings. The van der Waals surface area contributed by atoms with Gasteiger partial charge in [0.1, 0.15) is 5.75 Å². The molecule has 0 aromatic heterocycles. The quantitative estimate of drug-likeness (QED) is 0.595. The topological polar surface area (TPSA) is 9.23 Å². The molecule has 1 aromatic rings. The van der Waals surface area contributed by atoms with E-state index in [2.05, 4.69) is 13.3 Å². The van der Waals surface area contributed by atoms with Gasteiger partial charge < -0.3 is 4.52 Å². The van der Waals surface area contributed by atoms with Crippen molar-refractivity contribution < 1.29 is 4.52 Å². The van der Waals surface area contributed by atoms with Crippen LogP contribution in [-0.2, 0) is 0 Å². The van der Waals surface area contributed by atoms with Crippen molar-refractivity contribution in [1.82, 2.24) is 0 Å². The Balaban J connectivity index is 2.59. The molecule has 1 aromatic carbocycles. The normalized spacial score (nSPS) is 9.90. The van der Waals surface area contributed by atoms with Gasteiger partial charge in [0.2, 0.25) is 0 Å². The van der Waals surface area contributed by atoms with Crippen molar-refractivity contribution in [2.45, 2.75) is 0 Å². The smallest absolute Gasteiger partial charge is 0.123 e. The van der Waals surface area contributed by atoms with Crippen LogP contribution in [0, 0.1) is 0 Å². The summed E-state index contributed by atoms with van der Waals surface area (Å²) in [4.78, 5) is 0. The van der Waals surface area contributed by atoms with E-state index in [4.69, 9.17) is 4.52 Å². The Morgan fingerprint density at radius 3 is 2.20 bits per heavy atom. The van der Waals surface area contributed by atoms with E-state index in [1.54, 1.807) is 0 Å². The van der Waals surface area contributed by atoms with Crippen LogP contribution in [0.5, 0.6) is 5.75 Å². The van der Waals surface area contributed by atoms with E-state index in [0.717, 1.165) is 5.75 Å². The Labute approximate surface area is 62.9 Å². The van der Waals surface area contributed by atoms with Crippen molar-refractivity contribution in [3.63, 3.8) is 0 Å². The average Bonchev–Trinajstić information content (AvgIpc) is 1.88. The largest absolute Gasteiger partial charge is 0.475 e. The number of hydrogen-bond donors (Lipinski definition) is 0. The maximum atomic E-state index is 5.48. The lowest BCUT2D eigenvalue weighted by molar-refractivity contribution is 0.623. The highest BCUT2D eigenvalue weighted by Gasteiger charge is 1.93. The third kappa shape index (κ3) is 2.36. The molecule has 0 amide bonds. The van der Waals surface area contributed by atoms with E-state index in [1.165, 1.54) is 0 Å². The van der Waals surface area contributed by atoms with Gasteiger partial charge in [-0.15, -0.1) is 0 Å². The van der Waals surface area contributed by atoms with Gasteiger partial charge in [0, 0.05) is 0 Å². The predicted molar refractivity (Wildman–Crippen MR) is 45.8 cm³/mol. The molecule has 0 unspecified atom stereocenters. The Morgan fingerprint density at radius 2 is 1.70 bits per heavy atom. The summed E-state index contributed by atoms with van der Waals surface area (Å²) in [5, 5.41) is 0. The van der Waals surface area contributed by atoms with Crippen molar-refractivity contribution in [2.75, 3.05) is 13.3 Å². The zero-order chi connectivity index (χ0) is 7.40. The zero-order valence-electron chi connectivity index (χ0n) is 6.24. The molecular formula is C8H11OP. The van der Waals surface area contributed by atoms with Gasteiger partial charge in [-0.2, -0.15) is 0 Å². The van der Waals surface area contributed by atoms with Gasteiger partial charge in [-0.3, -0.25) is 0 Å². The first-order valence-electron chi connectivity index (χ1n) is 3.19. The maximum absolute atomic E-state index is 5.48. The standard InChI is InChI=1S/C8H11OP/c1-10(2)9-8-6-4-3-5-7-8/h3-7H,1-2H3. The molecule has 2 heteroatoms. The lowest BCUT2D eigenvalue weighted by atomic mass is 10.3. The van der Waals surface area contributed by atoms with Crippen LogP contribution in [0.15, 0.2) is 30.3 Å². The molecule has 0 saturated heterocycles. The van der Waals surface area contributed by atoms with Crippen molar-refractivity contribution in [3.05, 3.63) is 30.3 Å². The second kappa shape index (κ2) is 3.58. The van der Waals surface area contributed by atoms with Crippen molar-refractivity contribution >= 4 is 8.15 Å². The van der Waals surface area contributed by atoms with Gasteiger partial charge in [-0.1, -0.05) is 18.2 Å². The SMILES string of the molecule is CP(C)Oc1ccccc1. The monoisotopic (exact) mass is 154 g/mol. The highest BCUT2D eigenvalue weighted by atomic mass is 31.1. The summed E-state index contributed by atoms with van der Waals surface area (Å²) in [7, 11) is -0.277. The first kappa shape index (κ1) is 7.56. The zero-order valence-corrected chi connectivity index (χ0v) is 7.14. The Hall–Kier alpha value is -0.550. The highest BCUT2D eigenvalue weighted by Crippen LogP contribution is 2.28. The summed E-state index contributed by atoms with van der Waals surface area (Å²) >= 11 is 0. The summed E-state index contributed by atoms with van der Waals surface area (Å²) in [6.45, 7) is 4.17. The fraction of sp³-hybridized carbons (Fsp3) is 0.250. The molecule has 1 nitrogen and oxygen atoms in total. The molecule has 10 heavy (non-hydrogen) atoms. The van der Waals surface area contributed by atoms with Gasteiger partial charge in [-0.05, 0) is 25.5 Å². The third-order valence-corrected chi connectivity index (χ3v) is 1.61. The minimum absolute atomic E-state index is 0.277. The molecule has 0 atom stereocenters. The molecule has 0 spiro atoms. The van der Waals surface area contributed by atoms with E-state index in [9.17, 15) is 0 Å². The Morgan fingerprint density at radius 1 is 1.10 bits per heavy atom.